The van der Waals surface area contributed by atoms with E-state index in [1.54, 1.807) is 6.07 Å². The maximum atomic E-state index is 13.8. The summed E-state index contributed by atoms with van der Waals surface area (Å²) in [6, 6.07) is 12.7. The van der Waals surface area contributed by atoms with Gasteiger partial charge in [0.25, 0.3) is 0 Å². The van der Waals surface area contributed by atoms with Crippen LogP contribution in [0.2, 0.25) is 0 Å². The summed E-state index contributed by atoms with van der Waals surface area (Å²) in [6.07, 6.45) is 0.252. The van der Waals surface area contributed by atoms with Crippen LogP contribution in [0.5, 0.6) is 5.75 Å². The van der Waals surface area contributed by atoms with Crippen molar-refractivity contribution < 1.29 is 14.2 Å². The zero-order valence-electron chi connectivity index (χ0n) is 12.7. The van der Waals surface area contributed by atoms with E-state index in [1.807, 2.05) is 37.3 Å². The van der Waals surface area contributed by atoms with Gasteiger partial charge in [0.2, 0.25) is 0 Å². The summed E-state index contributed by atoms with van der Waals surface area (Å²) in [7, 11) is 1.45. The van der Waals surface area contributed by atoms with Crippen molar-refractivity contribution in [1.29, 1.82) is 0 Å². The second kappa shape index (κ2) is 6.07. The van der Waals surface area contributed by atoms with Gasteiger partial charge in [0.05, 0.1) is 13.2 Å². The summed E-state index contributed by atoms with van der Waals surface area (Å²) < 4.78 is 18.8. The standard InChI is InChI=1S/C18H20FNO2/c1-11(12-7-8-17(22-2)15(19)9-12)20-16-10-13-5-3-4-6-14(13)18(16)21/h3-9,11,16,18,20-21H,10H2,1-2H3. The topological polar surface area (TPSA) is 41.5 Å². The molecule has 3 atom stereocenters. The van der Waals surface area contributed by atoms with Crippen LogP contribution in [0, 0.1) is 5.82 Å². The molecule has 22 heavy (non-hydrogen) atoms. The second-order valence-electron chi connectivity index (χ2n) is 5.74. The van der Waals surface area contributed by atoms with Gasteiger partial charge in [-0.2, -0.15) is 0 Å². The number of rotatable bonds is 4. The van der Waals surface area contributed by atoms with Crippen molar-refractivity contribution in [2.24, 2.45) is 0 Å². The first-order chi connectivity index (χ1) is 10.6. The van der Waals surface area contributed by atoms with Crippen LogP contribution in [0.15, 0.2) is 42.5 Å². The average Bonchev–Trinajstić information content (AvgIpc) is 2.84. The molecule has 0 saturated carbocycles. The van der Waals surface area contributed by atoms with E-state index in [1.165, 1.54) is 18.7 Å². The fraction of sp³-hybridized carbons (Fsp3) is 0.333. The highest BCUT2D eigenvalue weighted by Gasteiger charge is 2.31. The lowest BCUT2D eigenvalue weighted by atomic mass is 10.1. The molecule has 1 aliphatic rings. The van der Waals surface area contributed by atoms with Crippen molar-refractivity contribution in [2.45, 2.75) is 31.5 Å². The molecule has 2 aromatic rings. The van der Waals surface area contributed by atoms with Gasteiger partial charge in [-0.15, -0.1) is 0 Å². The first-order valence-electron chi connectivity index (χ1n) is 7.45. The number of hydrogen-bond acceptors (Lipinski definition) is 3. The number of methoxy groups -OCH3 is 1. The predicted molar refractivity (Wildman–Crippen MR) is 83.4 cm³/mol. The minimum Gasteiger partial charge on any atom is -0.494 e. The van der Waals surface area contributed by atoms with Crippen LogP contribution in [0.1, 0.15) is 35.8 Å². The van der Waals surface area contributed by atoms with Crippen LogP contribution >= 0.6 is 0 Å². The molecule has 0 aliphatic heterocycles. The fourth-order valence-electron chi connectivity index (χ4n) is 3.09. The van der Waals surface area contributed by atoms with E-state index >= 15 is 0 Å². The maximum absolute atomic E-state index is 13.8. The van der Waals surface area contributed by atoms with E-state index in [2.05, 4.69) is 5.32 Å². The molecule has 0 aromatic heterocycles. The zero-order valence-corrected chi connectivity index (χ0v) is 12.7. The average molecular weight is 301 g/mol. The third kappa shape index (κ3) is 2.72. The number of benzene rings is 2. The summed E-state index contributed by atoms with van der Waals surface area (Å²) in [5.41, 5.74) is 2.98. The molecule has 3 nitrogen and oxygen atoms in total. The lowest BCUT2D eigenvalue weighted by Crippen LogP contribution is -2.34. The Hall–Kier alpha value is -1.91. The lowest BCUT2D eigenvalue weighted by molar-refractivity contribution is 0.136. The number of halogens is 1. The van der Waals surface area contributed by atoms with Crippen LogP contribution in [-0.2, 0) is 6.42 Å². The Kier molecular flexibility index (Phi) is 4.14. The SMILES string of the molecule is COc1ccc(C(C)NC2Cc3ccccc3C2O)cc1F. The Morgan fingerprint density at radius 3 is 2.73 bits per heavy atom. The van der Waals surface area contributed by atoms with Crippen molar-refractivity contribution in [3.05, 3.63) is 65.0 Å². The van der Waals surface area contributed by atoms with E-state index < -0.39 is 6.10 Å². The van der Waals surface area contributed by atoms with Gasteiger partial charge in [0.1, 0.15) is 0 Å². The summed E-state index contributed by atoms with van der Waals surface area (Å²) >= 11 is 0. The minimum atomic E-state index is -0.526. The minimum absolute atomic E-state index is 0.0578. The number of aliphatic hydroxyl groups is 1. The highest BCUT2D eigenvalue weighted by Crippen LogP contribution is 2.32. The molecule has 3 rings (SSSR count). The molecule has 3 unspecified atom stereocenters. The number of aliphatic hydroxyl groups excluding tert-OH is 1. The quantitative estimate of drug-likeness (QED) is 0.911. The molecule has 0 radical (unpaired) electrons. The summed E-state index contributed by atoms with van der Waals surface area (Å²) in [6.45, 7) is 1.97. The van der Waals surface area contributed by atoms with E-state index in [4.69, 9.17) is 4.74 Å². The van der Waals surface area contributed by atoms with Crippen molar-refractivity contribution in [3.8, 4) is 5.75 Å². The van der Waals surface area contributed by atoms with Gasteiger partial charge < -0.3 is 15.2 Å². The van der Waals surface area contributed by atoms with E-state index in [-0.39, 0.29) is 23.7 Å². The number of hydrogen-bond donors (Lipinski definition) is 2. The third-order valence-electron chi connectivity index (χ3n) is 4.33. The van der Waals surface area contributed by atoms with Gasteiger partial charge in [-0.1, -0.05) is 30.3 Å². The Morgan fingerprint density at radius 1 is 1.27 bits per heavy atom. The van der Waals surface area contributed by atoms with Crippen molar-refractivity contribution in [1.82, 2.24) is 5.32 Å². The van der Waals surface area contributed by atoms with E-state index in [0.29, 0.717) is 0 Å². The maximum Gasteiger partial charge on any atom is 0.165 e. The molecule has 4 heteroatoms. The summed E-state index contributed by atoms with van der Waals surface area (Å²) in [5.74, 6) is -0.131. The number of fused-ring (bicyclic) bond motifs is 1. The largest absolute Gasteiger partial charge is 0.494 e. The highest BCUT2D eigenvalue weighted by atomic mass is 19.1. The number of ether oxygens (including phenoxy) is 1. The molecule has 2 N–H and O–H groups in total. The number of nitrogens with one attached hydrogen (secondary N) is 1. The van der Waals surface area contributed by atoms with Gasteiger partial charge >= 0.3 is 0 Å². The molecule has 1 aliphatic carbocycles. The second-order valence-corrected chi connectivity index (χ2v) is 5.74. The van der Waals surface area contributed by atoms with Crippen LogP contribution in [-0.4, -0.2) is 18.3 Å². The monoisotopic (exact) mass is 301 g/mol. The Balaban J connectivity index is 1.73. The van der Waals surface area contributed by atoms with Gasteiger partial charge in [-0.05, 0) is 42.2 Å². The van der Waals surface area contributed by atoms with Crippen LogP contribution in [0.4, 0.5) is 4.39 Å². The fourth-order valence-corrected chi connectivity index (χ4v) is 3.09. The smallest absolute Gasteiger partial charge is 0.165 e. The van der Waals surface area contributed by atoms with Crippen molar-refractivity contribution in [2.75, 3.05) is 7.11 Å². The van der Waals surface area contributed by atoms with E-state index in [0.717, 1.165) is 17.5 Å². The van der Waals surface area contributed by atoms with Crippen molar-refractivity contribution >= 4 is 0 Å². The molecule has 0 heterocycles. The highest BCUT2D eigenvalue weighted by molar-refractivity contribution is 5.36. The lowest BCUT2D eigenvalue weighted by Gasteiger charge is -2.23. The molecule has 0 saturated heterocycles. The molecule has 0 bridgehead atoms. The van der Waals surface area contributed by atoms with Gasteiger partial charge in [-0.3, -0.25) is 0 Å². The summed E-state index contributed by atoms with van der Waals surface area (Å²) in [5, 5.41) is 13.8. The zero-order chi connectivity index (χ0) is 15.7. The predicted octanol–water partition coefficient (Wildman–Crippen LogP) is 3.14. The van der Waals surface area contributed by atoms with Gasteiger partial charge in [-0.25, -0.2) is 4.39 Å². The molecule has 0 amide bonds. The molecule has 0 spiro atoms. The van der Waals surface area contributed by atoms with Gasteiger partial charge in [0, 0.05) is 12.1 Å². The van der Waals surface area contributed by atoms with Crippen LogP contribution in [0.3, 0.4) is 0 Å². The molecule has 2 aromatic carbocycles. The van der Waals surface area contributed by atoms with E-state index in [9.17, 15) is 9.50 Å². The Labute approximate surface area is 129 Å². The molecular formula is C18H20FNO2. The first-order valence-corrected chi connectivity index (χ1v) is 7.45. The summed E-state index contributed by atoms with van der Waals surface area (Å²) in [4.78, 5) is 0. The first kappa shape index (κ1) is 15.0. The molecular weight excluding hydrogens is 281 g/mol. The molecule has 116 valence electrons. The normalized spacial score (nSPS) is 21.5. The Bertz CT molecular complexity index is 674. The Morgan fingerprint density at radius 2 is 2.05 bits per heavy atom. The van der Waals surface area contributed by atoms with Crippen LogP contribution in [0.25, 0.3) is 0 Å². The molecule has 0 fully saturated rings. The van der Waals surface area contributed by atoms with Gasteiger partial charge in [0.15, 0.2) is 11.6 Å². The van der Waals surface area contributed by atoms with Crippen LogP contribution < -0.4 is 10.1 Å². The van der Waals surface area contributed by atoms with Crippen molar-refractivity contribution in [3.63, 3.8) is 0 Å². The third-order valence-corrected chi connectivity index (χ3v) is 4.33.